The summed E-state index contributed by atoms with van der Waals surface area (Å²) >= 11 is 1.65. The minimum absolute atomic E-state index is 0.797. The Morgan fingerprint density at radius 3 is 2.43 bits per heavy atom. The fourth-order valence-corrected chi connectivity index (χ4v) is 1.76. The Labute approximate surface area is 87.1 Å². The molecule has 0 aliphatic heterocycles. The van der Waals surface area contributed by atoms with Gasteiger partial charge >= 0.3 is 0 Å². The molecule has 0 fully saturated rings. The molecule has 0 aliphatic rings. The number of anilines is 1. The van der Waals surface area contributed by atoms with E-state index in [-0.39, 0.29) is 0 Å². The average Bonchev–Trinajstić information content (AvgIpc) is 2.71. The van der Waals surface area contributed by atoms with Gasteiger partial charge in [-0.05, 0) is 11.4 Å². The highest BCUT2D eigenvalue weighted by Gasteiger charge is 2.02. The van der Waals surface area contributed by atoms with Gasteiger partial charge in [0.05, 0.1) is 23.0 Å². The standard InChI is InChI=1S/C10H11N3S/c1-13(2)8-6-11-10(12-7-8)9-4-3-5-14-9/h3-7H,1-2H3. The molecule has 4 heteroatoms. The lowest BCUT2D eigenvalue weighted by Crippen LogP contribution is -2.09. The molecule has 0 aliphatic carbocycles. The van der Waals surface area contributed by atoms with E-state index in [2.05, 4.69) is 9.97 Å². The highest BCUT2D eigenvalue weighted by molar-refractivity contribution is 7.13. The summed E-state index contributed by atoms with van der Waals surface area (Å²) in [4.78, 5) is 11.7. The van der Waals surface area contributed by atoms with Gasteiger partial charge in [-0.1, -0.05) is 6.07 Å². The minimum atomic E-state index is 0.797. The van der Waals surface area contributed by atoms with Crippen LogP contribution in [-0.4, -0.2) is 24.1 Å². The van der Waals surface area contributed by atoms with Gasteiger partial charge < -0.3 is 4.90 Å². The molecule has 0 spiro atoms. The van der Waals surface area contributed by atoms with Crippen LogP contribution in [0.2, 0.25) is 0 Å². The minimum Gasteiger partial charge on any atom is -0.375 e. The van der Waals surface area contributed by atoms with Gasteiger partial charge in [0.1, 0.15) is 0 Å². The SMILES string of the molecule is CN(C)c1cnc(-c2cccs2)nc1. The summed E-state index contributed by atoms with van der Waals surface area (Å²) in [6.07, 6.45) is 3.67. The zero-order valence-corrected chi connectivity index (χ0v) is 8.95. The molecule has 0 bridgehead atoms. The molecule has 0 unspecified atom stereocenters. The lowest BCUT2D eigenvalue weighted by molar-refractivity contribution is 1.07. The maximum atomic E-state index is 4.30. The van der Waals surface area contributed by atoms with E-state index in [1.165, 1.54) is 0 Å². The van der Waals surface area contributed by atoms with Crippen LogP contribution in [0.15, 0.2) is 29.9 Å². The number of hydrogen-bond acceptors (Lipinski definition) is 4. The normalized spacial score (nSPS) is 10.1. The summed E-state index contributed by atoms with van der Waals surface area (Å²) in [6, 6.07) is 4.03. The van der Waals surface area contributed by atoms with E-state index in [4.69, 9.17) is 0 Å². The van der Waals surface area contributed by atoms with Gasteiger partial charge in [0.15, 0.2) is 5.82 Å². The Morgan fingerprint density at radius 1 is 1.21 bits per heavy atom. The van der Waals surface area contributed by atoms with Crippen molar-refractivity contribution in [1.29, 1.82) is 0 Å². The van der Waals surface area contributed by atoms with Gasteiger partial charge in [-0.25, -0.2) is 9.97 Å². The Hall–Kier alpha value is -1.42. The van der Waals surface area contributed by atoms with Crippen LogP contribution in [0.3, 0.4) is 0 Å². The molecule has 0 N–H and O–H groups in total. The van der Waals surface area contributed by atoms with E-state index in [0.717, 1.165) is 16.4 Å². The molecular weight excluding hydrogens is 194 g/mol. The molecule has 2 aromatic heterocycles. The molecule has 0 amide bonds. The zero-order chi connectivity index (χ0) is 9.97. The van der Waals surface area contributed by atoms with Crippen LogP contribution in [0, 0.1) is 0 Å². The zero-order valence-electron chi connectivity index (χ0n) is 8.14. The Morgan fingerprint density at radius 2 is 1.93 bits per heavy atom. The summed E-state index contributed by atoms with van der Waals surface area (Å²) in [5.74, 6) is 0.797. The van der Waals surface area contributed by atoms with Gasteiger partial charge in [0.25, 0.3) is 0 Å². The highest BCUT2D eigenvalue weighted by Crippen LogP contribution is 2.21. The van der Waals surface area contributed by atoms with E-state index >= 15 is 0 Å². The van der Waals surface area contributed by atoms with E-state index in [9.17, 15) is 0 Å². The van der Waals surface area contributed by atoms with Gasteiger partial charge in [0, 0.05) is 14.1 Å². The van der Waals surface area contributed by atoms with Crippen molar-refractivity contribution in [3.05, 3.63) is 29.9 Å². The van der Waals surface area contributed by atoms with Crippen molar-refractivity contribution in [3.8, 4) is 10.7 Å². The molecule has 3 nitrogen and oxygen atoms in total. The summed E-state index contributed by atoms with van der Waals surface area (Å²) in [6.45, 7) is 0. The molecule has 0 saturated heterocycles. The van der Waals surface area contributed by atoms with E-state index in [1.54, 1.807) is 11.3 Å². The van der Waals surface area contributed by atoms with Crippen LogP contribution < -0.4 is 4.90 Å². The smallest absolute Gasteiger partial charge is 0.169 e. The van der Waals surface area contributed by atoms with Gasteiger partial charge in [-0.15, -0.1) is 11.3 Å². The van der Waals surface area contributed by atoms with Crippen molar-refractivity contribution in [1.82, 2.24) is 9.97 Å². The number of thiophene rings is 1. The van der Waals surface area contributed by atoms with Gasteiger partial charge in [-0.2, -0.15) is 0 Å². The second-order valence-electron chi connectivity index (χ2n) is 3.14. The monoisotopic (exact) mass is 205 g/mol. The number of aromatic nitrogens is 2. The van der Waals surface area contributed by atoms with Crippen LogP contribution in [0.5, 0.6) is 0 Å². The highest BCUT2D eigenvalue weighted by atomic mass is 32.1. The quantitative estimate of drug-likeness (QED) is 0.753. The average molecular weight is 205 g/mol. The summed E-state index contributed by atoms with van der Waals surface area (Å²) < 4.78 is 0. The van der Waals surface area contributed by atoms with Crippen molar-refractivity contribution in [2.24, 2.45) is 0 Å². The van der Waals surface area contributed by atoms with Crippen LogP contribution >= 0.6 is 11.3 Å². The van der Waals surface area contributed by atoms with Crippen LogP contribution in [0.4, 0.5) is 5.69 Å². The molecule has 14 heavy (non-hydrogen) atoms. The van der Waals surface area contributed by atoms with Crippen molar-refractivity contribution in [3.63, 3.8) is 0 Å². The summed E-state index contributed by atoms with van der Waals surface area (Å²) in [7, 11) is 3.95. The van der Waals surface area contributed by atoms with Gasteiger partial charge in [-0.3, -0.25) is 0 Å². The maximum absolute atomic E-state index is 4.30. The molecule has 72 valence electrons. The second kappa shape index (κ2) is 3.75. The first kappa shape index (κ1) is 9.15. The first-order chi connectivity index (χ1) is 6.77. The number of rotatable bonds is 2. The Bertz CT molecular complexity index is 392. The van der Waals surface area contributed by atoms with E-state index in [1.807, 2.05) is 48.9 Å². The topological polar surface area (TPSA) is 29.0 Å². The number of nitrogens with zero attached hydrogens (tertiary/aromatic N) is 3. The Kier molecular flexibility index (Phi) is 2.45. The fourth-order valence-electron chi connectivity index (χ4n) is 1.09. The third kappa shape index (κ3) is 1.75. The molecule has 0 saturated carbocycles. The van der Waals surface area contributed by atoms with Crippen LogP contribution in [-0.2, 0) is 0 Å². The summed E-state index contributed by atoms with van der Waals surface area (Å²) in [5, 5.41) is 2.03. The third-order valence-electron chi connectivity index (χ3n) is 1.90. The first-order valence-electron chi connectivity index (χ1n) is 4.30. The molecule has 0 radical (unpaired) electrons. The van der Waals surface area contributed by atoms with Crippen molar-refractivity contribution >= 4 is 17.0 Å². The Balaban J connectivity index is 2.31. The molecule has 0 aromatic carbocycles. The predicted octanol–water partition coefficient (Wildman–Crippen LogP) is 2.27. The second-order valence-corrected chi connectivity index (χ2v) is 4.08. The predicted molar refractivity (Wildman–Crippen MR) is 59.7 cm³/mol. The lowest BCUT2D eigenvalue weighted by Gasteiger charge is -2.10. The lowest BCUT2D eigenvalue weighted by atomic mass is 10.4. The van der Waals surface area contributed by atoms with Crippen LogP contribution in [0.25, 0.3) is 10.7 Å². The molecule has 2 heterocycles. The van der Waals surface area contributed by atoms with Crippen molar-refractivity contribution in [2.45, 2.75) is 0 Å². The van der Waals surface area contributed by atoms with Crippen molar-refractivity contribution in [2.75, 3.05) is 19.0 Å². The van der Waals surface area contributed by atoms with E-state index in [0.29, 0.717) is 0 Å². The molecule has 0 atom stereocenters. The molecule has 2 rings (SSSR count). The maximum Gasteiger partial charge on any atom is 0.169 e. The van der Waals surface area contributed by atoms with E-state index < -0.39 is 0 Å². The first-order valence-corrected chi connectivity index (χ1v) is 5.18. The molecule has 2 aromatic rings. The summed E-state index contributed by atoms with van der Waals surface area (Å²) in [5.41, 5.74) is 1.02. The third-order valence-corrected chi connectivity index (χ3v) is 2.76. The van der Waals surface area contributed by atoms with Gasteiger partial charge in [0.2, 0.25) is 0 Å². The van der Waals surface area contributed by atoms with Crippen LogP contribution in [0.1, 0.15) is 0 Å². The molecular formula is C10H11N3S. The fraction of sp³-hybridized carbons (Fsp3) is 0.200. The number of hydrogen-bond donors (Lipinski definition) is 0. The largest absolute Gasteiger partial charge is 0.375 e. The van der Waals surface area contributed by atoms with Crippen molar-refractivity contribution < 1.29 is 0 Å².